The first-order valence-corrected chi connectivity index (χ1v) is 6.02. The fraction of sp³-hybridized carbons (Fsp3) is 0.727. The Hall–Kier alpha value is -1.43. The summed E-state index contributed by atoms with van der Waals surface area (Å²) in [4.78, 5) is 17.9. The molecule has 1 saturated heterocycles. The van der Waals surface area contributed by atoms with Crippen LogP contribution in [0.2, 0.25) is 0 Å². The minimum absolute atomic E-state index is 0.0857. The van der Waals surface area contributed by atoms with Gasteiger partial charge in [0.15, 0.2) is 0 Å². The Bertz CT molecular complexity index is 392. The SMILES string of the molecule is Cc1nc(C(=O)N2CCC(C(C)N)CC2)n[nH]1. The number of aromatic amines is 1. The van der Waals surface area contributed by atoms with E-state index in [9.17, 15) is 4.79 Å². The Balaban J connectivity index is 1.95. The number of carbonyl (C=O) groups is 1. The Labute approximate surface area is 101 Å². The van der Waals surface area contributed by atoms with Gasteiger partial charge in [-0.2, -0.15) is 0 Å². The van der Waals surface area contributed by atoms with Crippen LogP contribution in [0.5, 0.6) is 0 Å². The molecule has 2 rings (SSSR count). The highest BCUT2D eigenvalue weighted by Gasteiger charge is 2.27. The number of rotatable bonds is 2. The number of aryl methyl sites for hydroxylation is 1. The van der Waals surface area contributed by atoms with Crippen LogP contribution in [0.25, 0.3) is 0 Å². The number of piperidine rings is 1. The Morgan fingerprint density at radius 1 is 1.53 bits per heavy atom. The maximum Gasteiger partial charge on any atom is 0.293 e. The summed E-state index contributed by atoms with van der Waals surface area (Å²) in [5.41, 5.74) is 5.87. The number of amides is 1. The van der Waals surface area contributed by atoms with E-state index in [0.717, 1.165) is 25.9 Å². The average molecular weight is 237 g/mol. The molecular formula is C11H19N5O. The van der Waals surface area contributed by atoms with E-state index in [1.165, 1.54) is 0 Å². The molecule has 0 radical (unpaired) electrons. The molecule has 6 heteroatoms. The minimum Gasteiger partial charge on any atom is -0.336 e. The molecule has 1 atom stereocenters. The van der Waals surface area contributed by atoms with Gasteiger partial charge < -0.3 is 10.6 Å². The third-order valence-corrected chi connectivity index (χ3v) is 3.36. The van der Waals surface area contributed by atoms with Crippen molar-refractivity contribution in [2.24, 2.45) is 11.7 Å². The smallest absolute Gasteiger partial charge is 0.293 e. The Morgan fingerprint density at radius 2 is 2.18 bits per heavy atom. The van der Waals surface area contributed by atoms with E-state index < -0.39 is 0 Å². The van der Waals surface area contributed by atoms with E-state index in [1.54, 1.807) is 6.92 Å². The summed E-state index contributed by atoms with van der Waals surface area (Å²) in [6.45, 7) is 5.31. The molecule has 0 aromatic carbocycles. The molecular weight excluding hydrogens is 218 g/mol. The lowest BCUT2D eigenvalue weighted by Gasteiger charge is -2.33. The second-order valence-electron chi connectivity index (χ2n) is 4.73. The van der Waals surface area contributed by atoms with Crippen molar-refractivity contribution < 1.29 is 4.79 Å². The summed E-state index contributed by atoms with van der Waals surface area (Å²) < 4.78 is 0. The van der Waals surface area contributed by atoms with Crippen LogP contribution in [0.15, 0.2) is 0 Å². The van der Waals surface area contributed by atoms with Crippen molar-refractivity contribution >= 4 is 5.91 Å². The van der Waals surface area contributed by atoms with Crippen LogP contribution < -0.4 is 5.73 Å². The number of hydrogen-bond acceptors (Lipinski definition) is 4. The van der Waals surface area contributed by atoms with Crippen molar-refractivity contribution in [2.75, 3.05) is 13.1 Å². The lowest BCUT2D eigenvalue weighted by Crippen LogP contribution is -2.42. The monoisotopic (exact) mass is 237 g/mol. The predicted octanol–water partition coefficient (Wildman–Crippen LogP) is 0.313. The van der Waals surface area contributed by atoms with Gasteiger partial charge in [0, 0.05) is 19.1 Å². The summed E-state index contributed by atoms with van der Waals surface area (Å²) in [5.74, 6) is 1.37. The fourth-order valence-corrected chi connectivity index (χ4v) is 2.21. The predicted molar refractivity (Wildman–Crippen MR) is 63.4 cm³/mol. The zero-order chi connectivity index (χ0) is 12.4. The van der Waals surface area contributed by atoms with E-state index in [-0.39, 0.29) is 17.8 Å². The number of aromatic nitrogens is 3. The van der Waals surface area contributed by atoms with Crippen molar-refractivity contribution in [1.82, 2.24) is 20.1 Å². The van der Waals surface area contributed by atoms with Gasteiger partial charge in [-0.25, -0.2) is 4.98 Å². The molecule has 1 fully saturated rings. The highest BCUT2D eigenvalue weighted by Crippen LogP contribution is 2.20. The number of nitrogens with two attached hydrogens (primary N) is 1. The van der Waals surface area contributed by atoms with Crippen LogP contribution in [0, 0.1) is 12.8 Å². The minimum atomic E-state index is -0.0857. The molecule has 0 spiro atoms. The standard InChI is InChI=1S/C11H19N5O/c1-7(12)9-3-5-16(6-4-9)11(17)10-13-8(2)14-15-10/h7,9H,3-6,12H2,1-2H3,(H,13,14,15). The van der Waals surface area contributed by atoms with E-state index in [4.69, 9.17) is 5.73 Å². The topological polar surface area (TPSA) is 87.9 Å². The third-order valence-electron chi connectivity index (χ3n) is 3.36. The van der Waals surface area contributed by atoms with Crippen LogP contribution >= 0.6 is 0 Å². The summed E-state index contributed by atoms with van der Waals surface area (Å²) in [7, 11) is 0. The molecule has 2 heterocycles. The van der Waals surface area contributed by atoms with Crippen molar-refractivity contribution in [2.45, 2.75) is 32.7 Å². The maximum atomic E-state index is 12.0. The molecule has 0 aliphatic carbocycles. The zero-order valence-corrected chi connectivity index (χ0v) is 10.3. The van der Waals surface area contributed by atoms with Crippen LogP contribution in [0.4, 0.5) is 0 Å². The Kier molecular flexibility index (Phi) is 3.42. The number of carbonyl (C=O) groups excluding carboxylic acids is 1. The average Bonchev–Trinajstić information content (AvgIpc) is 2.75. The van der Waals surface area contributed by atoms with E-state index in [0.29, 0.717) is 11.7 Å². The van der Waals surface area contributed by atoms with Crippen molar-refractivity contribution in [3.05, 3.63) is 11.6 Å². The van der Waals surface area contributed by atoms with Crippen LogP contribution in [-0.4, -0.2) is 45.1 Å². The van der Waals surface area contributed by atoms with Gasteiger partial charge in [0.1, 0.15) is 5.82 Å². The summed E-state index contributed by atoms with van der Waals surface area (Å²) in [6.07, 6.45) is 1.93. The van der Waals surface area contributed by atoms with Crippen molar-refractivity contribution in [3.63, 3.8) is 0 Å². The first kappa shape index (κ1) is 12.0. The zero-order valence-electron chi connectivity index (χ0n) is 10.3. The molecule has 1 aliphatic rings. The van der Waals surface area contributed by atoms with Gasteiger partial charge in [-0.1, -0.05) is 0 Å². The lowest BCUT2D eigenvalue weighted by molar-refractivity contribution is 0.0669. The summed E-state index contributed by atoms with van der Waals surface area (Å²) in [6, 6.07) is 0.206. The quantitative estimate of drug-likeness (QED) is 0.775. The number of likely N-dealkylation sites (tertiary alicyclic amines) is 1. The highest BCUT2D eigenvalue weighted by molar-refractivity contribution is 5.90. The number of nitrogens with zero attached hydrogens (tertiary/aromatic N) is 3. The molecule has 1 unspecified atom stereocenters. The number of hydrogen-bond donors (Lipinski definition) is 2. The maximum absolute atomic E-state index is 12.0. The molecule has 0 bridgehead atoms. The molecule has 1 aromatic rings. The number of H-pyrrole nitrogens is 1. The first-order valence-electron chi connectivity index (χ1n) is 6.02. The van der Waals surface area contributed by atoms with E-state index >= 15 is 0 Å². The molecule has 1 amide bonds. The normalized spacial score (nSPS) is 19.4. The lowest BCUT2D eigenvalue weighted by atomic mass is 9.91. The van der Waals surface area contributed by atoms with Gasteiger partial charge in [-0.05, 0) is 32.6 Å². The van der Waals surface area contributed by atoms with Crippen LogP contribution in [-0.2, 0) is 0 Å². The molecule has 17 heavy (non-hydrogen) atoms. The summed E-state index contributed by atoms with van der Waals surface area (Å²) >= 11 is 0. The van der Waals surface area contributed by atoms with E-state index in [1.807, 2.05) is 11.8 Å². The molecule has 94 valence electrons. The van der Waals surface area contributed by atoms with Gasteiger partial charge in [0.25, 0.3) is 5.91 Å². The van der Waals surface area contributed by atoms with Gasteiger partial charge >= 0.3 is 0 Å². The Morgan fingerprint density at radius 3 is 2.65 bits per heavy atom. The van der Waals surface area contributed by atoms with Gasteiger partial charge in [0.05, 0.1) is 0 Å². The fourth-order valence-electron chi connectivity index (χ4n) is 2.21. The van der Waals surface area contributed by atoms with Gasteiger partial charge in [-0.3, -0.25) is 9.89 Å². The van der Waals surface area contributed by atoms with Crippen molar-refractivity contribution in [3.8, 4) is 0 Å². The van der Waals surface area contributed by atoms with Gasteiger partial charge in [0.2, 0.25) is 5.82 Å². The third kappa shape index (κ3) is 2.63. The largest absolute Gasteiger partial charge is 0.336 e. The number of nitrogens with one attached hydrogen (secondary N) is 1. The molecule has 6 nitrogen and oxygen atoms in total. The highest BCUT2D eigenvalue weighted by atomic mass is 16.2. The van der Waals surface area contributed by atoms with Gasteiger partial charge in [-0.15, -0.1) is 5.10 Å². The second kappa shape index (κ2) is 4.83. The summed E-state index contributed by atoms with van der Waals surface area (Å²) in [5, 5.41) is 6.58. The molecule has 1 aliphatic heterocycles. The van der Waals surface area contributed by atoms with Crippen LogP contribution in [0.3, 0.4) is 0 Å². The first-order chi connectivity index (χ1) is 8.08. The second-order valence-corrected chi connectivity index (χ2v) is 4.73. The van der Waals surface area contributed by atoms with Crippen LogP contribution in [0.1, 0.15) is 36.2 Å². The van der Waals surface area contributed by atoms with E-state index in [2.05, 4.69) is 15.2 Å². The van der Waals surface area contributed by atoms with Crippen molar-refractivity contribution in [1.29, 1.82) is 0 Å². The molecule has 0 saturated carbocycles. The molecule has 1 aromatic heterocycles. The molecule has 3 N–H and O–H groups in total.